The zero-order chi connectivity index (χ0) is 17.8. The number of nitrogens with zero attached hydrogens (tertiary/aromatic N) is 7. The fourth-order valence-corrected chi connectivity index (χ4v) is 3.45. The van der Waals surface area contributed by atoms with E-state index in [9.17, 15) is 4.79 Å². The molecular weight excluding hydrogens is 342 g/mol. The topological polar surface area (TPSA) is 98.9 Å². The van der Waals surface area contributed by atoms with Gasteiger partial charge < -0.3 is 9.64 Å². The Morgan fingerprint density at radius 3 is 2.72 bits per heavy atom. The Bertz CT molecular complexity index is 723. The Morgan fingerprint density at radius 1 is 1.32 bits per heavy atom. The molecule has 9 nitrogen and oxygen atoms in total. The van der Waals surface area contributed by atoms with Gasteiger partial charge in [-0.25, -0.2) is 9.67 Å². The van der Waals surface area contributed by atoms with E-state index in [0.717, 1.165) is 18.5 Å². The smallest absolute Gasteiger partial charge is 0.233 e. The van der Waals surface area contributed by atoms with Crippen molar-refractivity contribution in [3.63, 3.8) is 0 Å². The van der Waals surface area contributed by atoms with Crippen molar-refractivity contribution in [1.29, 1.82) is 0 Å². The van der Waals surface area contributed by atoms with Crippen molar-refractivity contribution in [2.45, 2.75) is 37.9 Å². The Labute approximate surface area is 150 Å². The summed E-state index contributed by atoms with van der Waals surface area (Å²) in [6.45, 7) is 5.15. The van der Waals surface area contributed by atoms with Crippen LogP contribution in [-0.4, -0.2) is 65.9 Å². The third-order valence-corrected chi connectivity index (χ3v) is 4.93. The minimum atomic E-state index is 0.0772. The minimum absolute atomic E-state index is 0.0772. The summed E-state index contributed by atoms with van der Waals surface area (Å²) < 4.78 is 7.51. The van der Waals surface area contributed by atoms with Gasteiger partial charge in [0.2, 0.25) is 16.9 Å². The molecule has 0 N–H and O–H groups in total. The lowest BCUT2D eigenvalue weighted by molar-refractivity contribution is -0.130. The lowest BCUT2D eigenvalue weighted by Crippen LogP contribution is -2.42. The van der Waals surface area contributed by atoms with Crippen LogP contribution in [0.5, 0.6) is 5.88 Å². The number of carbonyl (C=O) groups is 1. The second kappa shape index (κ2) is 7.77. The number of aromatic nitrogens is 6. The van der Waals surface area contributed by atoms with E-state index in [1.165, 1.54) is 11.8 Å². The van der Waals surface area contributed by atoms with Gasteiger partial charge in [0, 0.05) is 44.7 Å². The Hall–Kier alpha value is -2.23. The summed E-state index contributed by atoms with van der Waals surface area (Å²) in [5.41, 5.74) is 0.894. The van der Waals surface area contributed by atoms with Gasteiger partial charge in [-0.1, -0.05) is 11.8 Å². The van der Waals surface area contributed by atoms with Gasteiger partial charge in [-0.2, -0.15) is 4.98 Å². The molecule has 3 heterocycles. The molecule has 0 spiro atoms. The second-order valence-corrected chi connectivity index (χ2v) is 6.91. The first kappa shape index (κ1) is 17.6. The van der Waals surface area contributed by atoms with Gasteiger partial charge in [0.15, 0.2) is 0 Å². The van der Waals surface area contributed by atoms with Gasteiger partial charge in [0.05, 0.1) is 5.75 Å². The standard InChI is InChI=1S/C15H21N7O2S/c1-10-8-13(17-11(2)16-10)24-12-4-6-22(7-5-12)14(23)9-25-15-18-19-20-21(15)3/h8,12H,4-7,9H2,1-3H3. The van der Waals surface area contributed by atoms with Gasteiger partial charge in [-0.05, 0) is 24.3 Å². The Kier molecular flexibility index (Phi) is 5.47. The fourth-order valence-electron chi connectivity index (χ4n) is 2.70. The zero-order valence-corrected chi connectivity index (χ0v) is 15.4. The predicted molar refractivity (Wildman–Crippen MR) is 91.3 cm³/mol. The van der Waals surface area contributed by atoms with Crippen molar-refractivity contribution < 1.29 is 9.53 Å². The van der Waals surface area contributed by atoms with Crippen LogP contribution >= 0.6 is 11.8 Å². The summed E-state index contributed by atoms with van der Waals surface area (Å²) in [6.07, 6.45) is 1.67. The number of ether oxygens (including phenoxy) is 1. The van der Waals surface area contributed by atoms with E-state index >= 15 is 0 Å². The van der Waals surface area contributed by atoms with Crippen LogP contribution in [0.2, 0.25) is 0 Å². The summed E-state index contributed by atoms with van der Waals surface area (Å²) >= 11 is 1.35. The van der Waals surface area contributed by atoms with Gasteiger partial charge in [-0.15, -0.1) is 5.10 Å². The maximum absolute atomic E-state index is 12.3. The van der Waals surface area contributed by atoms with Crippen molar-refractivity contribution >= 4 is 17.7 Å². The van der Waals surface area contributed by atoms with E-state index in [0.29, 0.717) is 35.7 Å². The molecule has 0 bridgehead atoms. The lowest BCUT2D eigenvalue weighted by Gasteiger charge is -2.31. The van der Waals surface area contributed by atoms with E-state index in [-0.39, 0.29) is 12.0 Å². The van der Waals surface area contributed by atoms with Gasteiger partial charge in [-0.3, -0.25) is 4.79 Å². The number of likely N-dealkylation sites (tertiary alicyclic amines) is 1. The van der Waals surface area contributed by atoms with Crippen LogP contribution in [0, 0.1) is 13.8 Å². The first-order chi connectivity index (χ1) is 12.0. The van der Waals surface area contributed by atoms with Crippen LogP contribution in [0.25, 0.3) is 0 Å². The summed E-state index contributed by atoms with van der Waals surface area (Å²) in [6, 6.07) is 1.84. The average molecular weight is 363 g/mol. The number of aryl methyl sites for hydroxylation is 3. The highest BCUT2D eigenvalue weighted by Crippen LogP contribution is 2.20. The highest BCUT2D eigenvalue weighted by molar-refractivity contribution is 7.99. The van der Waals surface area contributed by atoms with Crippen LogP contribution in [-0.2, 0) is 11.8 Å². The number of amides is 1. The molecule has 2 aromatic rings. The number of rotatable bonds is 5. The molecule has 1 amide bonds. The van der Waals surface area contributed by atoms with Crippen molar-refractivity contribution in [1.82, 2.24) is 35.1 Å². The van der Waals surface area contributed by atoms with Gasteiger partial charge >= 0.3 is 0 Å². The quantitative estimate of drug-likeness (QED) is 0.719. The predicted octanol–water partition coefficient (Wildman–Crippen LogP) is 0.779. The van der Waals surface area contributed by atoms with E-state index < -0.39 is 0 Å². The van der Waals surface area contributed by atoms with Crippen LogP contribution in [0.1, 0.15) is 24.4 Å². The Morgan fingerprint density at radius 2 is 2.08 bits per heavy atom. The van der Waals surface area contributed by atoms with Gasteiger partial charge in [0.1, 0.15) is 11.9 Å². The van der Waals surface area contributed by atoms with E-state index in [4.69, 9.17) is 4.74 Å². The number of carbonyl (C=O) groups excluding carboxylic acids is 1. The van der Waals surface area contributed by atoms with Crippen LogP contribution in [0.4, 0.5) is 0 Å². The van der Waals surface area contributed by atoms with E-state index in [1.54, 1.807) is 11.7 Å². The first-order valence-corrected chi connectivity index (χ1v) is 9.11. The lowest BCUT2D eigenvalue weighted by atomic mass is 10.1. The number of piperidine rings is 1. The van der Waals surface area contributed by atoms with Gasteiger partial charge in [0.25, 0.3) is 0 Å². The molecule has 0 radical (unpaired) electrons. The van der Waals surface area contributed by atoms with E-state index in [1.807, 2.05) is 24.8 Å². The van der Waals surface area contributed by atoms with Crippen molar-refractivity contribution in [2.75, 3.05) is 18.8 Å². The number of thioether (sulfide) groups is 1. The molecule has 0 aromatic carbocycles. The largest absolute Gasteiger partial charge is 0.474 e. The maximum Gasteiger partial charge on any atom is 0.233 e. The molecule has 134 valence electrons. The van der Waals surface area contributed by atoms with Crippen LogP contribution in [0.15, 0.2) is 11.2 Å². The molecule has 0 aliphatic carbocycles. The normalized spacial score (nSPS) is 15.4. The third-order valence-electron chi connectivity index (χ3n) is 3.93. The second-order valence-electron chi connectivity index (χ2n) is 5.97. The highest BCUT2D eigenvalue weighted by atomic mass is 32.2. The molecule has 1 aliphatic heterocycles. The van der Waals surface area contributed by atoms with Crippen LogP contribution < -0.4 is 4.74 Å². The molecule has 1 saturated heterocycles. The summed E-state index contributed by atoms with van der Waals surface area (Å²) in [5.74, 6) is 1.75. The number of tetrazole rings is 1. The highest BCUT2D eigenvalue weighted by Gasteiger charge is 2.24. The molecule has 3 rings (SSSR count). The molecular formula is C15H21N7O2S. The van der Waals surface area contributed by atoms with E-state index in [2.05, 4.69) is 25.5 Å². The Balaban J connectivity index is 1.46. The van der Waals surface area contributed by atoms with Crippen molar-refractivity contribution in [2.24, 2.45) is 7.05 Å². The third kappa shape index (κ3) is 4.65. The summed E-state index contributed by atoms with van der Waals surface area (Å²) in [5, 5.41) is 11.8. The molecule has 2 aromatic heterocycles. The first-order valence-electron chi connectivity index (χ1n) is 8.13. The maximum atomic E-state index is 12.3. The zero-order valence-electron chi connectivity index (χ0n) is 14.5. The monoisotopic (exact) mass is 363 g/mol. The fraction of sp³-hybridized carbons (Fsp3) is 0.600. The molecule has 10 heteroatoms. The molecule has 1 aliphatic rings. The molecule has 25 heavy (non-hydrogen) atoms. The summed E-state index contributed by atoms with van der Waals surface area (Å²) in [4.78, 5) is 22.8. The molecule has 0 saturated carbocycles. The average Bonchev–Trinajstić information content (AvgIpc) is 2.97. The number of hydrogen-bond acceptors (Lipinski definition) is 8. The van der Waals surface area contributed by atoms with Crippen molar-refractivity contribution in [3.8, 4) is 5.88 Å². The number of hydrogen-bond donors (Lipinski definition) is 0. The molecule has 1 fully saturated rings. The SMILES string of the molecule is Cc1cc(OC2CCN(C(=O)CSc3nnnn3C)CC2)nc(C)n1. The molecule has 0 unspecified atom stereocenters. The minimum Gasteiger partial charge on any atom is -0.474 e. The summed E-state index contributed by atoms with van der Waals surface area (Å²) in [7, 11) is 1.76. The van der Waals surface area contributed by atoms with Crippen LogP contribution in [0.3, 0.4) is 0 Å². The van der Waals surface area contributed by atoms with Crippen molar-refractivity contribution in [3.05, 3.63) is 17.6 Å². The molecule has 0 atom stereocenters.